The number of anilines is 2. The van der Waals surface area contributed by atoms with Crippen molar-refractivity contribution in [3.8, 4) is 0 Å². The molecule has 1 aliphatic heterocycles. The normalized spacial score (nSPS) is 15.8. The van der Waals surface area contributed by atoms with Crippen LogP contribution in [0.25, 0.3) is 0 Å². The number of aryl methyl sites for hydroxylation is 1. The molecule has 1 saturated heterocycles. The minimum Gasteiger partial charge on any atom is -0.393 e. The molecule has 6 heteroatoms. The highest BCUT2D eigenvalue weighted by Crippen LogP contribution is 2.36. The molecule has 0 radical (unpaired) electrons. The standard InChI is InChI=1S/C12H17N3O3/c1-8-7-10(13)12(15(16)17)9(2)11(8)14-3-5-18-6-4-14/h7H,3-6,13H2,1-2H3. The number of nitrogens with zero attached hydrogens (tertiary/aromatic N) is 2. The van der Waals surface area contributed by atoms with E-state index < -0.39 is 4.92 Å². The van der Waals surface area contributed by atoms with Crippen molar-refractivity contribution in [2.75, 3.05) is 36.9 Å². The van der Waals surface area contributed by atoms with Gasteiger partial charge >= 0.3 is 0 Å². The van der Waals surface area contributed by atoms with Crippen LogP contribution in [0.4, 0.5) is 17.1 Å². The van der Waals surface area contributed by atoms with E-state index in [-0.39, 0.29) is 11.4 Å². The van der Waals surface area contributed by atoms with Crippen molar-refractivity contribution in [1.29, 1.82) is 0 Å². The van der Waals surface area contributed by atoms with Crippen molar-refractivity contribution >= 4 is 17.1 Å². The first-order valence-electron chi connectivity index (χ1n) is 5.89. The number of benzene rings is 1. The molecule has 1 heterocycles. The van der Waals surface area contributed by atoms with E-state index in [0.717, 1.165) is 24.3 Å². The second-order valence-electron chi connectivity index (χ2n) is 4.46. The lowest BCUT2D eigenvalue weighted by Gasteiger charge is -2.31. The van der Waals surface area contributed by atoms with Crippen molar-refractivity contribution in [3.63, 3.8) is 0 Å². The van der Waals surface area contributed by atoms with E-state index in [0.29, 0.717) is 18.8 Å². The second-order valence-corrected chi connectivity index (χ2v) is 4.46. The topological polar surface area (TPSA) is 81.6 Å². The van der Waals surface area contributed by atoms with Crippen LogP contribution >= 0.6 is 0 Å². The van der Waals surface area contributed by atoms with Gasteiger partial charge in [-0.05, 0) is 25.5 Å². The highest BCUT2D eigenvalue weighted by atomic mass is 16.6. The highest BCUT2D eigenvalue weighted by Gasteiger charge is 2.24. The molecule has 0 atom stereocenters. The Kier molecular flexibility index (Phi) is 3.38. The first-order chi connectivity index (χ1) is 8.52. The van der Waals surface area contributed by atoms with Gasteiger partial charge < -0.3 is 15.4 Å². The van der Waals surface area contributed by atoms with Crippen LogP contribution in [-0.4, -0.2) is 31.2 Å². The van der Waals surface area contributed by atoms with Crippen LogP contribution in [0.5, 0.6) is 0 Å². The van der Waals surface area contributed by atoms with Gasteiger partial charge in [-0.15, -0.1) is 0 Å². The zero-order chi connectivity index (χ0) is 13.3. The molecule has 2 rings (SSSR count). The fourth-order valence-corrected chi connectivity index (χ4v) is 2.51. The average Bonchev–Trinajstić information content (AvgIpc) is 2.28. The predicted octanol–water partition coefficient (Wildman–Crippen LogP) is 1.63. The second kappa shape index (κ2) is 4.81. The molecule has 0 aromatic heterocycles. The number of nitrogen functional groups attached to an aromatic ring is 1. The summed E-state index contributed by atoms with van der Waals surface area (Å²) in [5, 5.41) is 11.1. The Morgan fingerprint density at radius 3 is 2.56 bits per heavy atom. The minimum atomic E-state index is -0.409. The van der Waals surface area contributed by atoms with Gasteiger partial charge in [0.1, 0.15) is 5.69 Å². The quantitative estimate of drug-likeness (QED) is 0.491. The van der Waals surface area contributed by atoms with E-state index in [4.69, 9.17) is 10.5 Å². The lowest BCUT2D eigenvalue weighted by atomic mass is 10.0. The van der Waals surface area contributed by atoms with Crippen LogP contribution < -0.4 is 10.6 Å². The third kappa shape index (κ3) is 2.11. The molecule has 18 heavy (non-hydrogen) atoms. The molecular formula is C12H17N3O3. The summed E-state index contributed by atoms with van der Waals surface area (Å²) in [6, 6.07) is 1.68. The van der Waals surface area contributed by atoms with Gasteiger partial charge in [0.15, 0.2) is 0 Å². The molecule has 0 bridgehead atoms. The molecule has 1 aromatic carbocycles. The zero-order valence-electron chi connectivity index (χ0n) is 10.6. The number of nitro groups is 1. The van der Waals surface area contributed by atoms with Crippen molar-refractivity contribution in [2.24, 2.45) is 0 Å². The number of rotatable bonds is 2. The fraction of sp³-hybridized carbons (Fsp3) is 0.500. The molecule has 0 unspecified atom stereocenters. The lowest BCUT2D eigenvalue weighted by molar-refractivity contribution is -0.384. The predicted molar refractivity (Wildman–Crippen MR) is 70.0 cm³/mol. The Balaban J connectivity index is 2.52. The van der Waals surface area contributed by atoms with E-state index in [9.17, 15) is 10.1 Å². The van der Waals surface area contributed by atoms with Crippen molar-refractivity contribution < 1.29 is 9.66 Å². The Morgan fingerprint density at radius 1 is 1.39 bits per heavy atom. The van der Waals surface area contributed by atoms with Crippen LogP contribution in [0.2, 0.25) is 0 Å². The molecular weight excluding hydrogens is 234 g/mol. The summed E-state index contributed by atoms with van der Waals surface area (Å²) in [4.78, 5) is 12.8. The Hall–Kier alpha value is -1.82. The van der Waals surface area contributed by atoms with Crippen LogP contribution in [0.3, 0.4) is 0 Å². The van der Waals surface area contributed by atoms with Crippen LogP contribution in [0.15, 0.2) is 6.07 Å². The lowest BCUT2D eigenvalue weighted by Crippen LogP contribution is -2.37. The summed E-state index contributed by atoms with van der Waals surface area (Å²) >= 11 is 0. The van der Waals surface area contributed by atoms with Crippen LogP contribution in [0.1, 0.15) is 11.1 Å². The number of hydrogen-bond donors (Lipinski definition) is 1. The number of hydrogen-bond acceptors (Lipinski definition) is 5. The summed E-state index contributed by atoms with van der Waals surface area (Å²) in [7, 11) is 0. The maximum absolute atomic E-state index is 11.1. The summed E-state index contributed by atoms with van der Waals surface area (Å²) in [6.45, 7) is 6.49. The van der Waals surface area contributed by atoms with Gasteiger partial charge in [-0.1, -0.05) is 0 Å². The smallest absolute Gasteiger partial charge is 0.297 e. The third-order valence-electron chi connectivity index (χ3n) is 3.24. The first-order valence-corrected chi connectivity index (χ1v) is 5.89. The number of ether oxygens (including phenoxy) is 1. The molecule has 1 fully saturated rings. The Labute approximate surface area is 105 Å². The van der Waals surface area contributed by atoms with E-state index in [2.05, 4.69) is 4.90 Å². The first kappa shape index (κ1) is 12.6. The maximum atomic E-state index is 11.1. The molecule has 1 aliphatic rings. The van der Waals surface area contributed by atoms with Gasteiger partial charge in [0.05, 0.1) is 23.7 Å². The molecule has 6 nitrogen and oxygen atoms in total. The van der Waals surface area contributed by atoms with E-state index in [1.54, 1.807) is 13.0 Å². The molecule has 0 amide bonds. The molecule has 98 valence electrons. The van der Waals surface area contributed by atoms with Crippen molar-refractivity contribution in [1.82, 2.24) is 0 Å². The third-order valence-corrected chi connectivity index (χ3v) is 3.24. The Bertz CT molecular complexity index is 482. The molecule has 2 N–H and O–H groups in total. The number of morpholine rings is 1. The van der Waals surface area contributed by atoms with Gasteiger partial charge in [-0.3, -0.25) is 10.1 Å². The van der Waals surface area contributed by atoms with Gasteiger partial charge in [0.2, 0.25) is 0 Å². The number of nitrogens with two attached hydrogens (primary N) is 1. The van der Waals surface area contributed by atoms with Crippen LogP contribution in [0, 0.1) is 24.0 Å². The molecule has 1 aromatic rings. The summed E-state index contributed by atoms with van der Waals surface area (Å²) in [5.74, 6) is 0. The summed E-state index contributed by atoms with van der Waals surface area (Å²) < 4.78 is 5.30. The van der Waals surface area contributed by atoms with E-state index in [1.807, 2.05) is 6.92 Å². The summed E-state index contributed by atoms with van der Waals surface area (Å²) in [5.41, 5.74) is 8.51. The van der Waals surface area contributed by atoms with Crippen molar-refractivity contribution in [3.05, 3.63) is 27.3 Å². The molecule has 0 spiro atoms. The monoisotopic (exact) mass is 251 g/mol. The Morgan fingerprint density at radius 2 is 2.00 bits per heavy atom. The van der Waals surface area contributed by atoms with E-state index >= 15 is 0 Å². The van der Waals surface area contributed by atoms with Gasteiger partial charge in [0, 0.05) is 18.8 Å². The average molecular weight is 251 g/mol. The zero-order valence-corrected chi connectivity index (χ0v) is 10.6. The van der Waals surface area contributed by atoms with Gasteiger partial charge in [-0.25, -0.2) is 0 Å². The SMILES string of the molecule is Cc1cc(N)c([N+](=O)[O-])c(C)c1N1CCOCC1. The van der Waals surface area contributed by atoms with E-state index in [1.165, 1.54) is 0 Å². The number of nitro benzene ring substituents is 1. The van der Waals surface area contributed by atoms with Gasteiger partial charge in [-0.2, -0.15) is 0 Å². The molecule has 0 saturated carbocycles. The summed E-state index contributed by atoms with van der Waals surface area (Å²) in [6.07, 6.45) is 0. The largest absolute Gasteiger partial charge is 0.393 e. The highest BCUT2D eigenvalue weighted by molar-refractivity contribution is 5.75. The maximum Gasteiger partial charge on any atom is 0.297 e. The fourth-order valence-electron chi connectivity index (χ4n) is 2.51. The van der Waals surface area contributed by atoms with Gasteiger partial charge in [0.25, 0.3) is 5.69 Å². The van der Waals surface area contributed by atoms with Crippen LogP contribution in [-0.2, 0) is 4.74 Å². The minimum absolute atomic E-state index is 0.0158. The van der Waals surface area contributed by atoms with Crippen molar-refractivity contribution in [2.45, 2.75) is 13.8 Å². The molecule has 0 aliphatic carbocycles.